The Bertz CT molecular complexity index is 326. The summed E-state index contributed by atoms with van der Waals surface area (Å²) in [6.07, 6.45) is 11.4. The number of rotatable bonds is 10. The van der Waals surface area contributed by atoms with Crippen LogP contribution in [0.15, 0.2) is 12.4 Å². The highest BCUT2D eigenvalue weighted by molar-refractivity contribution is 4.96. The highest BCUT2D eigenvalue weighted by Crippen LogP contribution is 2.20. The molecule has 1 aromatic heterocycles. The molecular weight excluding hydrogens is 234 g/mol. The summed E-state index contributed by atoms with van der Waals surface area (Å²) < 4.78 is 2.15. The molecule has 0 amide bonds. The van der Waals surface area contributed by atoms with Gasteiger partial charge in [-0.15, -0.1) is 0 Å². The Hall–Kier alpha value is -0.830. The molecule has 3 heteroatoms. The van der Waals surface area contributed by atoms with Crippen molar-refractivity contribution in [2.45, 2.75) is 65.3 Å². The van der Waals surface area contributed by atoms with E-state index in [1.54, 1.807) is 0 Å². The number of aryl methyl sites for hydroxylation is 1. The lowest BCUT2D eigenvalue weighted by atomic mass is 9.88. The van der Waals surface area contributed by atoms with Gasteiger partial charge in [-0.1, -0.05) is 33.6 Å². The van der Waals surface area contributed by atoms with E-state index in [0.29, 0.717) is 6.04 Å². The molecule has 19 heavy (non-hydrogen) atoms. The summed E-state index contributed by atoms with van der Waals surface area (Å²) in [7, 11) is 2.09. The zero-order valence-corrected chi connectivity index (χ0v) is 13.2. The zero-order valence-electron chi connectivity index (χ0n) is 13.2. The SMILES string of the molecule is CCCNC(Cc1nccn1C)C(CCC)CCC. The summed E-state index contributed by atoms with van der Waals surface area (Å²) in [4.78, 5) is 4.49. The first kappa shape index (κ1) is 16.2. The van der Waals surface area contributed by atoms with Crippen LogP contribution in [0.5, 0.6) is 0 Å². The first-order valence-electron chi connectivity index (χ1n) is 7.92. The average Bonchev–Trinajstić information content (AvgIpc) is 2.80. The number of aromatic nitrogens is 2. The molecule has 1 heterocycles. The van der Waals surface area contributed by atoms with Gasteiger partial charge in [-0.2, -0.15) is 0 Å². The summed E-state index contributed by atoms with van der Waals surface area (Å²) in [5.74, 6) is 1.98. The van der Waals surface area contributed by atoms with Crippen LogP contribution in [-0.2, 0) is 13.5 Å². The van der Waals surface area contributed by atoms with Gasteiger partial charge in [-0.25, -0.2) is 4.98 Å². The number of nitrogens with one attached hydrogen (secondary N) is 1. The summed E-state index contributed by atoms with van der Waals surface area (Å²) in [5, 5.41) is 3.75. The number of nitrogens with zero attached hydrogens (tertiary/aromatic N) is 2. The topological polar surface area (TPSA) is 29.9 Å². The summed E-state index contributed by atoms with van der Waals surface area (Å²) in [5.41, 5.74) is 0. The summed E-state index contributed by atoms with van der Waals surface area (Å²) in [6, 6.07) is 0.570. The third-order valence-corrected chi connectivity index (χ3v) is 3.87. The molecule has 110 valence electrons. The molecule has 0 fully saturated rings. The van der Waals surface area contributed by atoms with Gasteiger partial charge in [0.25, 0.3) is 0 Å². The molecule has 0 aliphatic carbocycles. The molecule has 0 aliphatic heterocycles. The van der Waals surface area contributed by atoms with Gasteiger partial charge in [-0.05, 0) is 31.7 Å². The Kier molecular flexibility index (Phi) is 7.80. The quantitative estimate of drug-likeness (QED) is 0.701. The molecule has 0 aliphatic rings. The summed E-state index contributed by atoms with van der Waals surface area (Å²) >= 11 is 0. The van der Waals surface area contributed by atoms with Gasteiger partial charge < -0.3 is 9.88 Å². The Morgan fingerprint density at radius 1 is 1.16 bits per heavy atom. The minimum atomic E-state index is 0.570. The number of imidazole rings is 1. The molecule has 1 atom stereocenters. The van der Waals surface area contributed by atoms with Gasteiger partial charge in [0.1, 0.15) is 5.82 Å². The fourth-order valence-corrected chi connectivity index (χ4v) is 2.81. The molecule has 3 nitrogen and oxygen atoms in total. The zero-order chi connectivity index (χ0) is 14.1. The molecule has 0 radical (unpaired) electrons. The lowest BCUT2D eigenvalue weighted by molar-refractivity contribution is 0.304. The third kappa shape index (κ3) is 5.35. The van der Waals surface area contributed by atoms with Crippen LogP contribution in [0.2, 0.25) is 0 Å². The predicted molar refractivity (Wildman–Crippen MR) is 82.3 cm³/mol. The van der Waals surface area contributed by atoms with Crippen LogP contribution >= 0.6 is 0 Å². The van der Waals surface area contributed by atoms with E-state index in [9.17, 15) is 0 Å². The van der Waals surface area contributed by atoms with E-state index in [0.717, 1.165) is 18.9 Å². The molecule has 1 unspecified atom stereocenters. The van der Waals surface area contributed by atoms with Crippen molar-refractivity contribution in [3.8, 4) is 0 Å². The second kappa shape index (κ2) is 9.13. The smallest absolute Gasteiger partial charge is 0.109 e. The Labute approximate surface area is 118 Å². The van der Waals surface area contributed by atoms with Crippen molar-refractivity contribution >= 4 is 0 Å². The maximum absolute atomic E-state index is 4.49. The van der Waals surface area contributed by atoms with Gasteiger partial charge >= 0.3 is 0 Å². The Morgan fingerprint density at radius 2 is 1.84 bits per heavy atom. The largest absolute Gasteiger partial charge is 0.338 e. The average molecular weight is 265 g/mol. The van der Waals surface area contributed by atoms with Gasteiger partial charge in [0.2, 0.25) is 0 Å². The van der Waals surface area contributed by atoms with E-state index in [1.807, 2.05) is 12.4 Å². The van der Waals surface area contributed by atoms with Gasteiger partial charge in [0, 0.05) is 31.9 Å². The fraction of sp³-hybridized carbons (Fsp3) is 0.812. The third-order valence-electron chi connectivity index (χ3n) is 3.87. The van der Waals surface area contributed by atoms with Crippen LogP contribution < -0.4 is 5.32 Å². The first-order chi connectivity index (χ1) is 9.22. The van der Waals surface area contributed by atoms with Crippen LogP contribution in [0.3, 0.4) is 0 Å². The Balaban J connectivity index is 2.70. The van der Waals surface area contributed by atoms with Crippen molar-refractivity contribution in [3.05, 3.63) is 18.2 Å². The number of hydrogen-bond acceptors (Lipinski definition) is 2. The molecule has 0 aromatic carbocycles. The second-order valence-electron chi connectivity index (χ2n) is 5.56. The molecular formula is C16H31N3. The second-order valence-corrected chi connectivity index (χ2v) is 5.56. The van der Waals surface area contributed by atoms with Crippen LogP contribution in [0, 0.1) is 5.92 Å². The fourth-order valence-electron chi connectivity index (χ4n) is 2.81. The van der Waals surface area contributed by atoms with E-state index < -0.39 is 0 Å². The molecule has 1 aromatic rings. The first-order valence-corrected chi connectivity index (χ1v) is 7.92. The van der Waals surface area contributed by atoms with Crippen molar-refractivity contribution < 1.29 is 0 Å². The van der Waals surface area contributed by atoms with Crippen LogP contribution in [0.25, 0.3) is 0 Å². The summed E-state index contributed by atoms with van der Waals surface area (Å²) in [6.45, 7) is 7.93. The minimum Gasteiger partial charge on any atom is -0.338 e. The minimum absolute atomic E-state index is 0.570. The predicted octanol–water partition coefficient (Wildman–Crippen LogP) is 3.55. The van der Waals surface area contributed by atoms with Crippen molar-refractivity contribution in [2.75, 3.05) is 6.54 Å². The van der Waals surface area contributed by atoms with Crippen molar-refractivity contribution in [3.63, 3.8) is 0 Å². The molecule has 0 bridgehead atoms. The molecule has 0 spiro atoms. The van der Waals surface area contributed by atoms with Crippen molar-refractivity contribution in [1.29, 1.82) is 0 Å². The lowest BCUT2D eigenvalue weighted by Crippen LogP contribution is -2.39. The highest BCUT2D eigenvalue weighted by Gasteiger charge is 2.21. The van der Waals surface area contributed by atoms with Gasteiger partial charge in [0.05, 0.1) is 0 Å². The lowest BCUT2D eigenvalue weighted by Gasteiger charge is -2.28. The van der Waals surface area contributed by atoms with E-state index in [4.69, 9.17) is 0 Å². The van der Waals surface area contributed by atoms with Gasteiger partial charge in [0.15, 0.2) is 0 Å². The molecule has 0 saturated carbocycles. The van der Waals surface area contributed by atoms with E-state index in [2.05, 4.69) is 42.7 Å². The van der Waals surface area contributed by atoms with E-state index in [-0.39, 0.29) is 0 Å². The van der Waals surface area contributed by atoms with Gasteiger partial charge in [-0.3, -0.25) is 0 Å². The number of hydrogen-bond donors (Lipinski definition) is 1. The van der Waals surface area contributed by atoms with E-state index >= 15 is 0 Å². The molecule has 1 rings (SSSR count). The highest BCUT2D eigenvalue weighted by atomic mass is 15.0. The van der Waals surface area contributed by atoms with Crippen LogP contribution in [-0.4, -0.2) is 22.1 Å². The van der Waals surface area contributed by atoms with Crippen molar-refractivity contribution in [1.82, 2.24) is 14.9 Å². The monoisotopic (exact) mass is 265 g/mol. The van der Waals surface area contributed by atoms with E-state index in [1.165, 1.54) is 37.9 Å². The maximum atomic E-state index is 4.49. The standard InChI is InChI=1S/C16H31N3/c1-5-8-14(9-6-2)15(17-10-7-3)13-16-18-11-12-19(16)4/h11-12,14-15,17H,5-10,13H2,1-4H3. The maximum Gasteiger partial charge on any atom is 0.109 e. The molecule has 0 saturated heterocycles. The Morgan fingerprint density at radius 3 is 2.32 bits per heavy atom. The molecule has 1 N–H and O–H groups in total. The van der Waals surface area contributed by atoms with Crippen LogP contribution in [0.4, 0.5) is 0 Å². The van der Waals surface area contributed by atoms with Crippen LogP contribution in [0.1, 0.15) is 58.7 Å². The normalized spacial score (nSPS) is 13.1. The van der Waals surface area contributed by atoms with Crippen molar-refractivity contribution in [2.24, 2.45) is 13.0 Å².